The highest BCUT2D eigenvalue weighted by Crippen LogP contribution is 2.49. The van der Waals surface area contributed by atoms with E-state index in [2.05, 4.69) is 0 Å². The van der Waals surface area contributed by atoms with Crippen LogP contribution < -0.4 is 4.74 Å². The van der Waals surface area contributed by atoms with E-state index in [9.17, 15) is 45.6 Å². The summed E-state index contributed by atoms with van der Waals surface area (Å²) in [5.74, 6) is -4.42. The third-order valence-corrected chi connectivity index (χ3v) is 5.55. The van der Waals surface area contributed by atoms with Crippen molar-refractivity contribution >= 4 is 5.78 Å². The molecule has 2 heterocycles. The fourth-order valence-electron chi connectivity index (χ4n) is 3.94. The highest BCUT2D eigenvalue weighted by Gasteiger charge is 2.48. The van der Waals surface area contributed by atoms with Crippen molar-refractivity contribution in [2.45, 2.75) is 36.6 Å². The highest BCUT2D eigenvalue weighted by atomic mass is 16.5. The molecule has 6 unspecified atom stereocenters. The van der Waals surface area contributed by atoms with Crippen LogP contribution in [-0.4, -0.2) is 83.8 Å². The van der Waals surface area contributed by atoms with Crippen molar-refractivity contribution in [1.29, 1.82) is 0 Å². The molecule has 0 spiro atoms. The number of hydrogen-bond acceptors (Lipinski definition) is 11. The van der Waals surface area contributed by atoms with Crippen molar-refractivity contribution in [3.8, 4) is 17.2 Å². The molecular weight excluding hydrogens is 404 g/mol. The lowest BCUT2D eigenvalue weighted by molar-refractivity contribution is -0.232. The van der Waals surface area contributed by atoms with Crippen LogP contribution in [0.15, 0.2) is 29.7 Å². The number of fused-ring (bicyclic) bond motifs is 2. The van der Waals surface area contributed by atoms with E-state index in [1.807, 2.05) is 0 Å². The monoisotopic (exact) mass is 424 g/mol. The topological polar surface area (TPSA) is 197 Å². The number of benzene rings is 1. The molecule has 162 valence electrons. The second kappa shape index (κ2) is 7.15. The Labute approximate surface area is 169 Å². The van der Waals surface area contributed by atoms with Crippen LogP contribution >= 0.6 is 0 Å². The first kappa shape index (κ1) is 20.4. The Morgan fingerprint density at radius 2 is 1.60 bits per heavy atom. The fraction of sp³-hybridized carbons (Fsp3) is 0.421. The van der Waals surface area contributed by atoms with Gasteiger partial charge in [0.15, 0.2) is 17.3 Å². The molecule has 4 rings (SSSR count). The first-order valence-corrected chi connectivity index (χ1v) is 9.07. The molecule has 30 heavy (non-hydrogen) atoms. The number of aromatic hydroxyl groups is 2. The van der Waals surface area contributed by atoms with Gasteiger partial charge in [-0.05, 0) is 6.08 Å². The van der Waals surface area contributed by atoms with Crippen LogP contribution in [0.4, 0.5) is 0 Å². The third kappa shape index (κ3) is 2.90. The zero-order valence-electron chi connectivity index (χ0n) is 15.3. The zero-order valence-corrected chi connectivity index (χ0v) is 15.3. The van der Waals surface area contributed by atoms with Gasteiger partial charge in [-0.25, -0.2) is 0 Å². The van der Waals surface area contributed by atoms with E-state index < -0.39 is 83.5 Å². The minimum atomic E-state index is -1.80. The first-order valence-electron chi connectivity index (χ1n) is 9.07. The average molecular weight is 424 g/mol. The Bertz CT molecular complexity index is 950. The Morgan fingerprint density at radius 3 is 2.27 bits per heavy atom. The van der Waals surface area contributed by atoms with Gasteiger partial charge in [0.05, 0.1) is 18.1 Å². The highest BCUT2D eigenvalue weighted by molar-refractivity contribution is 6.06. The predicted octanol–water partition coefficient (Wildman–Crippen LogP) is -0.930. The SMILES string of the molecule is O=C1c2c(cc(O)c(C3OC(CO)C(O)[C@H](O)C3O)c2O)OC2C=C(O)C(O)=CC12. The van der Waals surface area contributed by atoms with E-state index in [0.717, 1.165) is 18.2 Å². The van der Waals surface area contributed by atoms with E-state index in [4.69, 9.17) is 9.47 Å². The molecule has 1 fully saturated rings. The van der Waals surface area contributed by atoms with Crippen molar-refractivity contribution in [1.82, 2.24) is 0 Å². The first-order chi connectivity index (χ1) is 14.1. The number of aliphatic hydroxyl groups is 6. The van der Waals surface area contributed by atoms with Gasteiger partial charge in [0.2, 0.25) is 0 Å². The van der Waals surface area contributed by atoms with Gasteiger partial charge in [0.1, 0.15) is 59.4 Å². The molecule has 1 aromatic rings. The summed E-state index contributed by atoms with van der Waals surface area (Å²) in [7, 11) is 0. The van der Waals surface area contributed by atoms with E-state index in [0.29, 0.717) is 0 Å². The molecule has 0 amide bonds. The zero-order chi connectivity index (χ0) is 21.9. The van der Waals surface area contributed by atoms with Gasteiger partial charge >= 0.3 is 0 Å². The molecular formula is C19H20O11. The van der Waals surface area contributed by atoms with Crippen LogP contribution in [-0.2, 0) is 4.74 Å². The predicted molar refractivity (Wildman–Crippen MR) is 96.2 cm³/mol. The molecule has 1 saturated heterocycles. The maximum Gasteiger partial charge on any atom is 0.181 e. The number of phenols is 2. The quantitative estimate of drug-likeness (QED) is 0.292. The maximum atomic E-state index is 13.0. The van der Waals surface area contributed by atoms with Crippen LogP contribution in [0.3, 0.4) is 0 Å². The van der Waals surface area contributed by atoms with Gasteiger partial charge in [-0.15, -0.1) is 0 Å². The summed E-state index contributed by atoms with van der Waals surface area (Å²) in [6.45, 7) is -0.723. The summed E-state index contributed by atoms with van der Waals surface area (Å²) in [5.41, 5.74) is -0.802. The molecule has 7 atom stereocenters. The van der Waals surface area contributed by atoms with E-state index in [1.54, 1.807) is 0 Å². The van der Waals surface area contributed by atoms with Crippen LogP contribution in [0.25, 0.3) is 0 Å². The van der Waals surface area contributed by atoms with Crippen molar-refractivity contribution in [3.05, 3.63) is 40.9 Å². The van der Waals surface area contributed by atoms with Crippen LogP contribution in [0.5, 0.6) is 17.2 Å². The number of ether oxygens (including phenoxy) is 2. The van der Waals surface area contributed by atoms with Crippen LogP contribution in [0.2, 0.25) is 0 Å². The second-order valence-corrected chi connectivity index (χ2v) is 7.36. The van der Waals surface area contributed by atoms with Gasteiger partial charge in [-0.1, -0.05) is 0 Å². The molecule has 1 aromatic carbocycles. The lowest BCUT2D eigenvalue weighted by Gasteiger charge is -2.41. The number of Topliss-reactive ketones (excluding diaryl/α,β-unsaturated/α-hetero) is 1. The van der Waals surface area contributed by atoms with Crippen molar-refractivity contribution in [3.63, 3.8) is 0 Å². The van der Waals surface area contributed by atoms with Crippen molar-refractivity contribution in [2.75, 3.05) is 6.61 Å². The van der Waals surface area contributed by atoms with E-state index in [1.165, 1.54) is 0 Å². The van der Waals surface area contributed by atoms with Crippen molar-refractivity contribution in [2.24, 2.45) is 5.92 Å². The van der Waals surface area contributed by atoms with Crippen LogP contribution in [0, 0.1) is 5.92 Å². The normalized spacial score (nSPS) is 35.6. The van der Waals surface area contributed by atoms with Gasteiger partial charge in [-0.2, -0.15) is 0 Å². The molecule has 1 aliphatic carbocycles. The summed E-state index contributed by atoms with van der Waals surface area (Å²) < 4.78 is 10.9. The maximum absolute atomic E-state index is 13.0. The van der Waals surface area contributed by atoms with Gasteiger partial charge < -0.3 is 50.3 Å². The summed E-state index contributed by atoms with van der Waals surface area (Å²) in [4.78, 5) is 13.0. The molecule has 3 aliphatic rings. The molecule has 0 saturated carbocycles. The van der Waals surface area contributed by atoms with E-state index >= 15 is 0 Å². The number of carbonyl (C=O) groups is 1. The average Bonchev–Trinajstić information content (AvgIpc) is 2.69. The Morgan fingerprint density at radius 1 is 0.933 bits per heavy atom. The number of rotatable bonds is 2. The molecule has 11 heteroatoms. The third-order valence-electron chi connectivity index (χ3n) is 5.55. The Balaban J connectivity index is 1.80. The van der Waals surface area contributed by atoms with Crippen molar-refractivity contribution < 1.29 is 55.1 Å². The standard InChI is InChI=1S/C19H20O11/c20-4-11-15(25)17(27)18(28)19(30-11)12-8(23)3-10-13(16(12)26)14(24)5-1-6(21)7(22)2-9(5)29-10/h1-3,5,9,11,15,17-23,25-28H,4H2/t5?,9?,11?,15?,17-,18?,19?/m0/s1. The summed E-state index contributed by atoms with van der Waals surface area (Å²) in [5, 5.41) is 80.1. The largest absolute Gasteiger partial charge is 0.507 e. The Hall–Kier alpha value is -2.83. The molecule has 11 nitrogen and oxygen atoms in total. The lowest BCUT2D eigenvalue weighted by atomic mass is 9.83. The molecule has 2 aliphatic heterocycles. The summed E-state index contributed by atoms with van der Waals surface area (Å²) in [6.07, 6.45) is -6.92. The lowest BCUT2D eigenvalue weighted by Crippen LogP contribution is -2.55. The minimum absolute atomic E-state index is 0.205. The van der Waals surface area contributed by atoms with Gasteiger partial charge in [-0.3, -0.25) is 4.79 Å². The molecule has 0 aromatic heterocycles. The fourth-order valence-corrected chi connectivity index (χ4v) is 3.94. The number of carbonyl (C=O) groups excluding carboxylic acids is 1. The summed E-state index contributed by atoms with van der Waals surface area (Å²) in [6, 6.07) is 1.00. The molecule has 0 radical (unpaired) electrons. The number of hydrogen-bond donors (Lipinski definition) is 8. The second-order valence-electron chi connectivity index (χ2n) is 7.36. The van der Waals surface area contributed by atoms with Gasteiger partial charge in [0.25, 0.3) is 0 Å². The molecule has 8 N–H and O–H groups in total. The number of phenolic OH excluding ortho intramolecular Hbond substituents is 2. The smallest absolute Gasteiger partial charge is 0.181 e. The Kier molecular flexibility index (Phi) is 4.87. The molecule has 0 bridgehead atoms. The number of ketones is 1. The number of aliphatic hydroxyl groups excluding tert-OH is 6. The van der Waals surface area contributed by atoms with Gasteiger partial charge in [0, 0.05) is 12.1 Å². The van der Waals surface area contributed by atoms with E-state index in [-0.39, 0.29) is 11.3 Å². The summed E-state index contributed by atoms with van der Waals surface area (Å²) >= 11 is 0. The van der Waals surface area contributed by atoms with Crippen LogP contribution in [0.1, 0.15) is 22.0 Å². The minimum Gasteiger partial charge on any atom is -0.507 e.